The number of carbonyl (C=O) groups excluding carboxylic acids is 1. The van der Waals surface area contributed by atoms with E-state index >= 15 is 0 Å². The summed E-state index contributed by atoms with van der Waals surface area (Å²) in [5.41, 5.74) is 6.31. The molecule has 3 aromatic carbocycles. The summed E-state index contributed by atoms with van der Waals surface area (Å²) in [6, 6.07) is 19.0. The van der Waals surface area contributed by atoms with Gasteiger partial charge in [0.05, 0.1) is 10.6 Å². The zero-order valence-electron chi connectivity index (χ0n) is 17.7. The number of benzene rings is 3. The van der Waals surface area contributed by atoms with E-state index in [0.717, 1.165) is 4.80 Å². The lowest BCUT2D eigenvalue weighted by molar-refractivity contribution is -0.122. The predicted molar refractivity (Wildman–Crippen MR) is 139 cm³/mol. The molecule has 35 heavy (non-hydrogen) atoms. The first kappa shape index (κ1) is 24.7. The lowest BCUT2D eigenvalue weighted by atomic mass is 10.2. The van der Waals surface area contributed by atoms with Gasteiger partial charge >= 0.3 is 0 Å². The second kappa shape index (κ2) is 11.3. The average Bonchev–Trinajstić information content (AvgIpc) is 3.28. The minimum atomic E-state index is -0.443. The van der Waals surface area contributed by atoms with Crippen LogP contribution in [0.1, 0.15) is 0 Å². The summed E-state index contributed by atoms with van der Waals surface area (Å²) in [4.78, 5) is 13.4. The molecule has 0 saturated carbocycles. The van der Waals surface area contributed by atoms with Gasteiger partial charge in [0.15, 0.2) is 5.11 Å². The van der Waals surface area contributed by atoms with Gasteiger partial charge in [-0.25, -0.2) is 0 Å². The van der Waals surface area contributed by atoms with E-state index in [1.165, 1.54) is 0 Å². The maximum Gasteiger partial charge on any atom is 0.262 e. The second-order valence-corrected chi connectivity index (χ2v) is 8.64. The van der Waals surface area contributed by atoms with Gasteiger partial charge in [-0.15, -0.1) is 10.2 Å². The third-order valence-corrected chi connectivity index (χ3v) is 5.35. The fourth-order valence-electron chi connectivity index (χ4n) is 2.86. The van der Waals surface area contributed by atoms with Crippen LogP contribution in [-0.4, -0.2) is 31.2 Å². The van der Waals surface area contributed by atoms with Gasteiger partial charge < -0.3 is 10.1 Å². The van der Waals surface area contributed by atoms with Crippen LogP contribution in [0.4, 0.5) is 5.69 Å². The minimum Gasteiger partial charge on any atom is -0.455 e. The molecule has 0 aliphatic carbocycles. The van der Waals surface area contributed by atoms with Crippen molar-refractivity contribution in [3.8, 4) is 22.9 Å². The molecule has 0 saturated heterocycles. The molecule has 3 N–H and O–H groups in total. The first-order valence-electron chi connectivity index (χ1n) is 9.99. The standard InChI is InChI=1S/C22H16Cl3N7O2S/c23-13-4-3-5-15(10-13)26-22(35)29-27-20(33)12-32-30-21(28-31-32)16-6-1-2-7-18(16)34-19-9-8-14(24)11-17(19)25/h1-11H,12H2,(H,27,33)(H2,26,29,35). The summed E-state index contributed by atoms with van der Waals surface area (Å²) >= 11 is 23.3. The Morgan fingerprint density at radius 3 is 2.54 bits per heavy atom. The number of hydrogen-bond acceptors (Lipinski definition) is 6. The van der Waals surface area contributed by atoms with E-state index in [1.807, 2.05) is 0 Å². The van der Waals surface area contributed by atoms with Crippen LogP contribution >= 0.6 is 47.0 Å². The number of tetrazole rings is 1. The highest BCUT2D eigenvalue weighted by Gasteiger charge is 2.15. The highest BCUT2D eigenvalue weighted by molar-refractivity contribution is 7.80. The van der Waals surface area contributed by atoms with Crippen molar-refractivity contribution >= 4 is 63.7 Å². The van der Waals surface area contributed by atoms with E-state index in [-0.39, 0.29) is 17.5 Å². The number of aromatic nitrogens is 4. The zero-order valence-corrected chi connectivity index (χ0v) is 20.8. The lowest BCUT2D eigenvalue weighted by Crippen LogP contribution is -2.45. The molecule has 0 unspecified atom stereocenters. The number of thiocarbonyl (C=S) groups is 1. The number of nitrogens with one attached hydrogen (secondary N) is 3. The average molecular weight is 549 g/mol. The Morgan fingerprint density at radius 2 is 1.74 bits per heavy atom. The number of carbonyl (C=O) groups is 1. The summed E-state index contributed by atoms with van der Waals surface area (Å²) in [6.07, 6.45) is 0. The lowest BCUT2D eigenvalue weighted by Gasteiger charge is -2.11. The van der Waals surface area contributed by atoms with Gasteiger partial charge in [-0.3, -0.25) is 15.6 Å². The number of hydrogen-bond donors (Lipinski definition) is 3. The third-order valence-electron chi connectivity index (χ3n) is 4.38. The van der Waals surface area contributed by atoms with Crippen LogP contribution in [0.25, 0.3) is 11.4 Å². The molecule has 0 radical (unpaired) electrons. The van der Waals surface area contributed by atoms with E-state index in [1.54, 1.807) is 66.7 Å². The van der Waals surface area contributed by atoms with Crippen LogP contribution in [0.5, 0.6) is 11.5 Å². The van der Waals surface area contributed by atoms with Crippen LogP contribution in [-0.2, 0) is 11.3 Å². The highest BCUT2D eigenvalue weighted by atomic mass is 35.5. The molecule has 13 heteroatoms. The molecule has 0 spiro atoms. The molecule has 1 heterocycles. The molecular formula is C22H16Cl3N7O2S. The number of nitrogens with zero attached hydrogens (tertiary/aromatic N) is 4. The molecule has 1 amide bonds. The Balaban J connectivity index is 1.37. The first-order chi connectivity index (χ1) is 16.9. The van der Waals surface area contributed by atoms with Crippen molar-refractivity contribution < 1.29 is 9.53 Å². The summed E-state index contributed by atoms with van der Waals surface area (Å²) in [5.74, 6) is 0.704. The number of para-hydroxylation sites is 1. The monoisotopic (exact) mass is 547 g/mol. The normalized spacial score (nSPS) is 10.5. The Morgan fingerprint density at radius 1 is 0.943 bits per heavy atom. The van der Waals surface area contributed by atoms with E-state index in [0.29, 0.717) is 37.8 Å². The molecule has 1 aromatic heterocycles. The van der Waals surface area contributed by atoms with Gasteiger partial charge in [0.2, 0.25) is 5.82 Å². The maximum atomic E-state index is 12.3. The van der Waals surface area contributed by atoms with Gasteiger partial charge in [-0.1, -0.05) is 53.0 Å². The predicted octanol–water partition coefficient (Wildman–Crippen LogP) is 5.11. The highest BCUT2D eigenvalue weighted by Crippen LogP contribution is 2.35. The Labute approximate surface area is 220 Å². The van der Waals surface area contributed by atoms with Crippen LogP contribution in [0.3, 0.4) is 0 Å². The summed E-state index contributed by atoms with van der Waals surface area (Å²) < 4.78 is 5.93. The number of anilines is 1. The fourth-order valence-corrected chi connectivity index (χ4v) is 3.66. The van der Waals surface area contributed by atoms with Crippen LogP contribution in [0.15, 0.2) is 66.7 Å². The van der Waals surface area contributed by atoms with Crippen LogP contribution < -0.4 is 20.9 Å². The van der Waals surface area contributed by atoms with E-state index in [9.17, 15) is 4.79 Å². The quantitative estimate of drug-likeness (QED) is 0.225. The number of ether oxygens (including phenoxy) is 1. The SMILES string of the molecule is O=C(Cn1nnc(-c2ccccc2Oc2ccc(Cl)cc2Cl)n1)NNC(=S)Nc1cccc(Cl)c1. The number of hydrazine groups is 1. The van der Waals surface area contributed by atoms with Crippen molar-refractivity contribution in [3.05, 3.63) is 81.8 Å². The van der Waals surface area contributed by atoms with Gasteiger partial charge in [0, 0.05) is 15.7 Å². The fraction of sp³-hybridized carbons (Fsp3) is 0.0455. The molecule has 0 aliphatic heterocycles. The van der Waals surface area contributed by atoms with Crippen molar-refractivity contribution in [2.24, 2.45) is 0 Å². The minimum absolute atomic E-state index is 0.180. The molecule has 0 bridgehead atoms. The van der Waals surface area contributed by atoms with E-state index in [4.69, 9.17) is 51.8 Å². The molecule has 9 nitrogen and oxygen atoms in total. The van der Waals surface area contributed by atoms with Crippen molar-refractivity contribution in [2.75, 3.05) is 5.32 Å². The largest absolute Gasteiger partial charge is 0.455 e. The molecule has 0 aliphatic rings. The number of amides is 1. The third kappa shape index (κ3) is 6.80. The van der Waals surface area contributed by atoms with Gasteiger partial charge in [-0.2, -0.15) is 4.80 Å². The molecule has 0 atom stereocenters. The molecular weight excluding hydrogens is 533 g/mol. The molecule has 0 fully saturated rings. The zero-order chi connectivity index (χ0) is 24.8. The van der Waals surface area contributed by atoms with Crippen molar-refractivity contribution in [3.63, 3.8) is 0 Å². The van der Waals surface area contributed by atoms with Gasteiger partial charge in [0.1, 0.15) is 18.0 Å². The Hall–Kier alpha value is -3.44. The maximum absolute atomic E-state index is 12.3. The van der Waals surface area contributed by atoms with Crippen LogP contribution in [0, 0.1) is 0 Å². The number of rotatable bonds is 6. The van der Waals surface area contributed by atoms with Gasteiger partial charge in [-0.05, 0) is 66.0 Å². The van der Waals surface area contributed by atoms with E-state index in [2.05, 4.69) is 31.6 Å². The topological polar surface area (TPSA) is 106 Å². The summed E-state index contributed by atoms with van der Waals surface area (Å²) in [6.45, 7) is -0.203. The molecule has 4 aromatic rings. The smallest absolute Gasteiger partial charge is 0.262 e. The van der Waals surface area contributed by atoms with Crippen LogP contribution in [0.2, 0.25) is 15.1 Å². The van der Waals surface area contributed by atoms with Crippen molar-refractivity contribution in [1.82, 2.24) is 31.1 Å². The first-order valence-corrected chi connectivity index (χ1v) is 11.5. The number of halogens is 3. The molecule has 178 valence electrons. The van der Waals surface area contributed by atoms with Crippen molar-refractivity contribution in [2.45, 2.75) is 6.54 Å². The van der Waals surface area contributed by atoms with E-state index < -0.39 is 5.91 Å². The second-order valence-electron chi connectivity index (χ2n) is 6.95. The Bertz CT molecular complexity index is 1380. The Kier molecular flexibility index (Phi) is 7.98. The summed E-state index contributed by atoms with van der Waals surface area (Å²) in [5, 5.41) is 16.7. The van der Waals surface area contributed by atoms with Gasteiger partial charge in [0.25, 0.3) is 5.91 Å². The molecule has 4 rings (SSSR count). The van der Waals surface area contributed by atoms with Crippen molar-refractivity contribution in [1.29, 1.82) is 0 Å². The summed E-state index contributed by atoms with van der Waals surface area (Å²) in [7, 11) is 0.